The summed E-state index contributed by atoms with van der Waals surface area (Å²) >= 11 is 1.74. The van der Waals surface area contributed by atoms with Gasteiger partial charge >= 0.3 is 0 Å². The lowest BCUT2D eigenvalue weighted by Crippen LogP contribution is -2.39. The zero-order chi connectivity index (χ0) is 15.2. The largest absolute Gasteiger partial charge is 0.299 e. The highest BCUT2D eigenvalue weighted by atomic mass is 32.2. The third-order valence-electron chi connectivity index (χ3n) is 3.12. The molecular weight excluding hydrogens is 264 g/mol. The molecule has 0 bridgehead atoms. The predicted octanol–water partition coefficient (Wildman–Crippen LogP) is 4.57. The van der Waals surface area contributed by atoms with Crippen molar-refractivity contribution in [3.8, 4) is 0 Å². The molecule has 0 spiro atoms. The molecule has 116 valence electrons. The quantitative estimate of drug-likeness (QED) is 0.819. The van der Waals surface area contributed by atoms with E-state index in [9.17, 15) is 0 Å². The molecule has 0 aromatic heterocycles. The first-order chi connectivity index (χ1) is 9.88. The van der Waals surface area contributed by atoms with Gasteiger partial charge in [0.05, 0.1) is 0 Å². The molecule has 1 aliphatic rings. The summed E-state index contributed by atoms with van der Waals surface area (Å²) in [6.45, 7) is 11.5. The summed E-state index contributed by atoms with van der Waals surface area (Å²) in [5.74, 6) is 0. The van der Waals surface area contributed by atoms with Crippen LogP contribution in [0.1, 0.15) is 46.1 Å². The lowest BCUT2D eigenvalue weighted by Gasteiger charge is -2.31. The van der Waals surface area contributed by atoms with Crippen molar-refractivity contribution >= 4 is 11.9 Å². The van der Waals surface area contributed by atoms with Crippen LogP contribution in [0.3, 0.4) is 0 Å². The summed E-state index contributed by atoms with van der Waals surface area (Å²) in [6, 6.07) is 11.5. The predicted molar refractivity (Wildman–Crippen MR) is 94.1 cm³/mol. The highest BCUT2D eigenvalue weighted by Gasteiger charge is 2.18. The lowest BCUT2D eigenvalue weighted by molar-refractivity contribution is 0.201. The van der Waals surface area contributed by atoms with E-state index in [1.807, 2.05) is 27.7 Å². The van der Waals surface area contributed by atoms with E-state index in [1.54, 1.807) is 11.9 Å². The average Bonchev–Trinajstić information content (AvgIpc) is 2.54. The number of benzene rings is 1. The van der Waals surface area contributed by atoms with Crippen molar-refractivity contribution in [1.29, 1.82) is 0 Å². The Hall–Kier alpha value is -0.510. The lowest BCUT2D eigenvalue weighted by atomic mass is 10.1. The molecule has 3 heteroatoms. The summed E-state index contributed by atoms with van der Waals surface area (Å²) < 4.78 is 3.46. The number of likely N-dealkylation sites (tertiary alicyclic amines) is 1. The second-order valence-corrected chi connectivity index (χ2v) is 5.00. The van der Waals surface area contributed by atoms with Gasteiger partial charge in [0.15, 0.2) is 0 Å². The Morgan fingerprint density at radius 3 is 2.10 bits per heavy atom. The van der Waals surface area contributed by atoms with Gasteiger partial charge in [-0.25, -0.2) is 0 Å². The molecule has 0 amide bonds. The smallest absolute Gasteiger partial charge is 0.0233 e. The highest BCUT2D eigenvalue weighted by Crippen LogP contribution is 2.14. The van der Waals surface area contributed by atoms with Crippen LogP contribution in [-0.2, 0) is 6.54 Å². The fourth-order valence-corrected chi connectivity index (χ4v) is 2.79. The van der Waals surface area contributed by atoms with Gasteiger partial charge in [0.1, 0.15) is 0 Å². The van der Waals surface area contributed by atoms with E-state index >= 15 is 0 Å². The molecule has 1 aromatic carbocycles. The second kappa shape index (κ2) is 13.5. The average molecular weight is 297 g/mol. The molecule has 2 nitrogen and oxygen atoms in total. The Balaban J connectivity index is 0.000000829. The van der Waals surface area contributed by atoms with Crippen molar-refractivity contribution in [1.82, 2.24) is 9.62 Å². The molecule has 1 heterocycles. The molecule has 0 radical (unpaired) electrons. The number of nitrogens with one attached hydrogen (secondary N) is 1. The molecule has 0 saturated carbocycles. The van der Waals surface area contributed by atoms with E-state index in [-0.39, 0.29) is 0 Å². The van der Waals surface area contributed by atoms with Crippen molar-refractivity contribution in [3.63, 3.8) is 0 Å². The third-order valence-corrected chi connectivity index (χ3v) is 3.69. The molecule has 1 aliphatic heterocycles. The molecule has 0 atom stereocenters. The Morgan fingerprint density at radius 1 is 1.05 bits per heavy atom. The van der Waals surface area contributed by atoms with Gasteiger partial charge in [-0.05, 0) is 37.8 Å². The Morgan fingerprint density at radius 2 is 1.60 bits per heavy atom. The summed E-state index contributed by atoms with van der Waals surface area (Å²) in [6.07, 6.45) is 4.65. The Kier molecular flexibility index (Phi) is 13.1. The van der Waals surface area contributed by atoms with Crippen molar-refractivity contribution in [2.75, 3.05) is 19.3 Å². The normalized spacial score (nSPS) is 15.7. The van der Waals surface area contributed by atoms with Crippen LogP contribution >= 0.6 is 11.9 Å². The van der Waals surface area contributed by atoms with Crippen LogP contribution in [0.25, 0.3) is 0 Å². The second-order valence-electron chi connectivity index (χ2n) is 4.36. The van der Waals surface area contributed by atoms with E-state index in [2.05, 4.69) is 46.2 Å². The van der Waals surface area contributed by atoms with Gasteiger partial charge in [-0.2, -0.15) is 0 Å². The van der Waals surface area contributed by atoms with Gasteiger partial charge in [-0.3, -0.25) is 9.62 Å². The standard InChI is InChI=1S/C13H20N2S.2C2H6/c1-16-14-13-7-9-15(10-8-13)11-12-5-3-2-4-6-12;2*1-2/h2-6,13-14H,7-11H2,1H3;2*1-2H3. The molecule has 1 aromatic rings. The van der Waals surface area contributed by atoms with Crippen molar-refractivity contribution in [3.05, 3.63) is 35.9 Å². The SMILES string of the molecule is CC.CC.CSNC1CCN(Cc2ccccc2)CC1. The fourth-order valence-electron chi connectivity index (χ4n) is 2.22. The Bertz CT molecular complexity index is 295. The number of hydrogen-bond acceptors (Lipinski definition) is 3. The maximum absolute atomic E-state index is 3.46. The zero-order valence-electron chi connectivity index (χ0n) is 13.9. The first-order valence-corrected chi connectivity index (χ1v) is 9.16. The van der Waals surface area contributed by atoms with Gasteiger partial charge in [-0.15, -0.1) is 0 Å². The monoisotopic (exact) mass is 296 g/mol. The van der Waals surface area contributed by atoms with Crippen LogP contribution in [0.5, 0.6) is 0 Å². The minimum atomic E-state index is 0.710. The summed E-state index contributed by atoms with van der Waals surface area (Å²) in [5.41, 5.74) is 1.43. The van der Waals surface area contributed by atoms with E-state index < -0.39 is 0 Å². The molecule has 20 heavy (non-hydrogen) atoms. The summed E-state index contributed by atoms with van der Waals surface area (Å²) in [7, 11) is 0. The number of piperidine rings is 1. The molecule has 0 unspecified atom stereocenters. The molecule has 2 rings (SSSR count). The molecular formula is C17H32N2S. The molecule has 1 fully saturated rings. The minimum Gasteiger partial charge on any atom is -0.299 e. The van der Waals surface area contributed by atoms with Gasteiger partial charge in [0, 0.05) is 12.6 Å². The van der Waals surface area contributed by atoms with Gasteiger partial charge < -0.3 is 0 Å². The maximum atomic E-state index is 3.46. The van der Waals surface area contributed by atoms with Crippen LogP contribution in [-0.4, -0.2) is 30.3 Å². The van der Waals surface area contributed by atoms with Crippen LogP contribution in [0.2, 0.25) is 0 Å². The van der Waals surface area contributed by atoms with Gasteiger partial charge in [0.25, 0.3) is 0 Å². The third kappa shape index (κ3) is 7.93. The van der Waals surface area contributed by atoms with Crippen molar-refractivity contribution in [2.24, 2.45) is 0 Å². The van der Waals surface area contributed by atoms with E-state index in [0.717, 1.165) is 6.54 Å². The molecule has 1 N–H and O–H groups in total. The van der Waals surface area contributed by atoms with Crippen molar-refractivity contribution in [2.45, 2.75) is 53.1 Å². The number of hydrogen-bond donors (Lipinski definition) is 1. The van der Waals surface area contributed by atoms with Gasteiger partial charge in [-0.1, -0.05) is 70.0 Å². The molecule has 0 aliphatic carbocycles. The first kappa shape index (κ1) is 19.5. The van der Waals surface area contributed by atoms with E-state index in [4.69, 9.17) is 0 Å². The number of nitrogens with zero attached hydrogens (tertiary/aromatic N) is 1. The molecule has 1 saturated heterocycles. The summed E-state index contributed by atoms with van der Waals surface area (Å²) in [4.78, 5) is 2.55. The summed E-state index contributed by atoms with van der Waals surface area (Å²) in [5, 5.41) is 0. The van der Waals surface area contributed by atoms with Crippen molar-refractivity contribution < 1.29 is 0 Å². The van der Waals surface area contributed by atoms with E-state index in [0.29, 0.717) is 6.04 Å². The minimum absolute atomic E-state index is 0.710. The Labute approximate surface area is 130 Å². The van der Waals surface area contributed by atoms with Crippen LogP contribution in [0, 0.1) is 0 Å². The van der Waals surface area contributed by atoms with Crippen LogP contribution in [0.15, 0.2) is 30.3 Å². The van der Waals surface area contributed by atoms with Crippen LogP contribution < -0.4 is 4.72 Å². The fraction of sp³-hybridized carbons (Fsp3) is 0.647. The van der Waals surface area contributed by atoms with E-state index in [1.165, 1.54) is 31.5 Å². The number of rotatable bonds is 4. The first-order valence-electron chi connectivity index (χ1n) is 7.93. The van der Waals surface area contributed by atoms with Gasteiger partial charge in [0.2, 0.25) is 0 Å². The van der Waals surface area contributed by atoms with Crippen LogP contribution in [0.4, 0.5) is 0 Å². The topological polar surface area (TPSA) is 15.3 Å². The zero-order valence-corrected chi connectivity index (χ0v) is 14.7. The highest BCUT2D eigenvalue weighted by molar-refractivity contribution is 7.96. The maximum Gasteiger partial charge on any atom is 0.0233 e.